The smallest absolute Gasteiger partial charge is 0.287 e. The fraction of sp³-hybridized carbons (Fsp3) is 0.800. The second-order valence-electron chi connectivity index (χ2n) is 5.64. The third kappa shape index (κ3) is 15.0. The SMILES string of the molecule is O=C(S)CC1CCS1.O=C(S)CC1CCS1.O=C(S)CC1CCS1.[Gd+3]. The first-order valence-electron chi connectivity index (χ1n) is 7.87. The molecular weight excluding hydrogens is 578 g/mol. The van der Waals surface area contributed by atoms with Crippen molar-refractivity contribution in [3.8, 4) is 0 Å². The van der Waals surface area contributed by atoms with Gasteiger partial charge in [-0.15, -0.1) is 37.9 Å². The van der Waals surface area contributed by atoms with Gasteiger partial charge >= 0.3 is 39.9 Å². The van der Waals surface area contributed by atoms with Crippen molar-refractivity contribution in [3.63, 3.8) is 0 Å². The third-order valence-corrected chi connectivity index (χ3v) is 8.17. The van der Waals surface area contributed by atoms with Gasteiger partial charge in [0.2, 0.25) is 0 Å². The summed E-state index contributed by atoms with van der Waals surface area (Å²) in [6.45, 7) is 0. The molecule has 0 N–H and O–H groups in total. The van der Waals surface area contributed by atoms with Crippen molar-refractivity contribution >= 4 is 88.5 Å². The summed E-state index contributed by atoms with van der Waals surface area (Å²) in [5.74, 6) is 3.68. The van der Waals surface area contributed by atoms with E-state index in [1.165, 1.54) is 36.5 Å². The summed E-state index contributed by atoms with van der Waals surface area (Å²) in [7, 11) is 0. The van der Waals surface area contributed by atoms with E-state index in [1.807, 2.05) is 35.3 Å². The van der Waals surface area contributed by atoms with Crippen LogP contribution in [0.3, 0.4) is 0 Å². The van der Waals surface area contributed by atoms with Gasteiger partial charge in [0.05, 0.1) is 0 Å². The van der Waals surface area contributed by atoms with Crippen molar-refractivity contribution in [1.29, 1.82) is 0 Å². The van der Waals surface area contributed by atoms with E-state index >= 15 is 0 Å². The topological polar surface area (TPSA) is 51.2 Å². The van der Waals surface area contributed by atoms with Crippen molar-refractivity contribution in [2.24, 2.45) is 0 Å². The fourth-order valence-corrected chi connectivity index (χ4v) is 5.47. The quantitative estimate of drug-likeness (QED) is 0.400. The average Bonchev–Trinajstić information content (AvgIpc) is 2.35. The van der Waals surface area contributed by atoms with Gasteiger partial charge in [0.25, 0.3) is 0 Å². The van der Waals surface area contributed by atoms with Gasteiger partial charge in [-0.2, -0.15) is 35.3 Å². The molecule has 3 aliphatic rings. The summed E-state index contributed by atoms with van der Waals surface area (Å²) in [5.41, 5.74) is 0. The van der Waals surface area contributed by atoms with Crippen LogP contribution in [0.5, 0.6) is 0 Å². The van der Waals surface area contributed by atoms with Crippen LogP contribution in [0.15, 0.2) is 0 Å². The van der Waals surface area contributed by atoms with Crippen LogP contribution in [0.1, 0.15) is 38.5 Å². The van der Waals surface area contributed by atoms with E-state index in [1.54, 1.807) is 0 Å². The zero-order valence-electron chi connectivity index (χ0n) is 13.7. The Bertz CT molecular complexity index is 364. The number of carbonyl (C=O) groups excluding carboxylic acids is 3. The van der Waals surface area contributed by atoms with Crippen LogP contribution >= 0.6 is 73.2 Å². The molecule has 0 aromatic rings. The Morgan fingerprint density at radius 1 is 0.640 bits per heavy atom. The predicted molar refractivity (Wildman–Crippen MR) is 118 cm³/mol. The summed E-state index contributed by atoms with van der Waals surface area (Å²) >= 11 is 16.6. The molecule has 0 bridgehead atoms. The molecule has 0 amide bonds. The largest absolute Gasteiger partial charge is 3.00 e. The van der Waals surface area contributed by atoms with E-state index in [2.05, 4.69) is 37.9 Å². The van der Waals surface area contributed by atoms with Crippen LogP contribution in [-0.4, -0.2) is 48.4 Å². The summed E-state index contributed by atoms with van der Waals surface area (Å²) in [5, 5.41) is 1.88. The maximum Gasteiger partial charge on any atom is 3.00 e. The number of hydrogen-bond donors (Lipinski definition) is 3. The molecule has 0 saturated carbocycles. The first-order chi connectivity index (χ1) is 11.4. The van der Waals surface area contributed by atoms with E-state index in [0.717, 1.165) is 0 Å². The second kappa shape index (κ2) is 16.3. The minimum Gasteiger partial charge on any atom is -0.287 e. The summed E-state index contributed by atoms with van der Waals surface area (Å²) < 4.78 is 0. The minimum atomic E-state index is 0. The molecule has 3 unspecified atom stereocenters. The standard InChI is InChI=1S/3C5H8OS2.Gd/c3*6-5(7)3-4-1-2-8-4;/h3*4H,1-3H2,(H,6,7);/q;;;+3. The first-order valence-corrected chi connectivity index (χ1v) is 12.4. The van der Waals surface area contributed by atoms with Crippen molar-refractivity contribution in [3.05, 3.63) is 0 Å². The van der Waals surface area contributed by atoms with Gasteiger partial charge < -0.3 is 0 Å². The Morgan fingerprint density at radius 2 is 0.840 bits per heavy atom. The zero-order valence-corrected chi connectivity index (χ0v) is 21.1. The second-order valence-corrected chi connectivity index (χ2v) is 11.4. The van der Waals surface area contributed by atoms with Crippen molar-refractivity contribution in [2.75, 3.05) is 17.3 Å². The zero-order chi connectivity index (χ0) is 17.9. The Morgan fingerprint density at radius 3 is 0.880 bits per heavy atom. The van der Waals surface area contributed by atoms with Crippen molar-refractivity contribution in [1.82, 2.24) is 0 Å². The fourth-order valence-electron chi connectivity index (χ4n) is 1.92. The van der Waals surface area contributed by atoms with E-state index in [0.29, 0.717) is 35.0 Å². The number of hydrogen-bond acceptors (Lipinski definition) is 6. The molecule has 0 aromatic heterocycles. The Hall–Kier alpha value is 2.43. The normalized spacial score (nSPS) is 25.8. The first kappa shape index (κ1) is 27.4. The molecule has 3 saturated heterocycles. The average molecular weight is 602 g/mol. The molecule has 3 fully saturated rings. The van der Waals surface area contributed by atoms with Gasteiger partial charge in [0.15, 0.2) is 15.3 Å². The van der Waals surface area contributed by atoms with Gasteiger partial charge in [-0.05, 0) is 36.5 Å². The van der Waals surface area contributed by atoms with E-state index in [4.69, 9.17) is 0 Å². The van der Waals surface area contributed by atoms with Crippen molar-refractivity contribution in [2.45, 2.75) is 54.3 Å². The van der Waals surface area contributed by atoms with Crippen LogP contribution in [0, 0.1) is 39.9 Å². The number of carbonyl (C=O) groups is 3. The third-order valence-electron chi connectivity index (χ3n) is 3.59. The van der Waals surface area contributed by atoms with Crippen LogP contribution in [0.4, 0.5) is 0 Å². The monoisotopic (exact) mass is 602 g/mol. The van der Waals surface area contributed by atoms with Crippen LogP contribution in [0.2, 0.25) is 0 Å². The molecule has 3 atom stereocenters. The molecule has 10 heteroatoms. The summed E-state index contributed by atoms with van der Waals surface area (Å²) in [6.07, 6.45) is 5.60. The molecule has 0 aliphatic carbocycles. The number of thiol groups is 3. The van der Waals surface area contributed by atoms with Gasteiger partial charge in [0.1, 0.15) is 0 Å². The summed E-state index contributed by atoms with van der Waals surface area (Å²) in [6, 6.07) is 0. The molecule has 0 aromatic carbocycles. The Balaban J connectivity index is 0.000000339. The molecule has 25 heavy (non-hydrogen) atoms. The van der Waals surface area contributed by atoms with Gasteiger partial charge in [-0.1, -0.05) is 0 Å². The van der Waals surface area contributed by atoms with Crippen LogP contribution in [0.25, 0.3) is 0 Å². The van der Waals surface area contributed by atoms with E-state index in [9.17, 15) is 14.4 Å². The molecule has 3 heterocycles. The molecule has 1 radical (unpaired) electrons. The molecule has 0 spiro atoms. The molecule has 3 aliphatic heterocycles. The van der Waals surface area contributed by atoms with Gasteiger partial charge in [-0.3, -0.25) is 14.4 Å². The predicted octanol–water partition coefficient (Wildman–Crippen LogP) is 4.02. The van der Waals surface area contributed by atoms with E-state index in [-0.39, 0.29) is 55.3 Å². The number of rotatable bonds is 6. The molecule has 3 rings (SSSR count). The minimum absolute atomic E-state index is 0. The summed E-state index contributed by atoms with van der Waals surface area (Å²) in [4.78, 5) is 30.9. The maximum atomic E-state index is 10.3. The molecule has 143 valence electrons. The van der Waals surface area contributed by atoms with E-state index < -0.39 is 0 Å². The van der Waals surface area contributed by atoms with Gasteiger partial charge in [-0.25, -0.2) is 0 Å². The molecular formula is C15H24GdO3S6+3. The maximum absolute atomic E-state index is 10.3. The van der Waals surface area contributed by atoms with Gasteiger partial charge in [0, 0.05) is 35.0 Å². The van der Waals surface area contributed by atoms with Crippen molar-refractivity contribution < 1.29 is 54.3 Å². The van der Waals surface area contributed by atoms with Crippen LogP contribution < -0.4 is 0 Å². The Labute approximate surface area is 211 Å². The Kier molecular flexibility index (Phi) is 17.8. The van der Waals surface area contributed by atoms with Crippen LogP contribution in [-0.2, 0) is 14.4 Å². The molecule has 3 nitrogen and oxygen atoms in total. The number of thioether (sulfide) groups is 3.